The second kappa shape index (κ2) is 11.7. The highest BCUT2D eigenvalue weighted by molar-refractivity contribution is 6.19. The van der Waals surface area contributed by atoms with Crippen LogP contribution in [0.3, 0.4) is 0 Å². The standard InChI is InChI=1S/C44H31N5/c1-28-8-6-12-39(47-28)41-25-32(20-22-45-41)30-14-17-36-34(24-30)16-19-38-37-18-15-31(27-43(37)49(44(36)38)35-10-4-3-5-11-35)33-21-23-46-42(26-33)40-13-7-9-29(2)48-40/h3-27H,1-2H3. The number of nitrogens with zero attached hydrogens (tertiary/aromatic N) is 5. The van der Waals surface area contributed by atoms with Crippen LogP contribution in [-0.4, -0.2) is 24.5 Å². The Kier molecular flexibility index (Phi) is 6.83. The van der Waals surface area contributed by atoms with Gasteiger partial charge in [0.2, 0.25) is 0 Å². The van der Waals surface area contributed by atoms with Crippen LogP contribution >= 0.6 is 0 Å². The van der Waals surface area contributed by atoms with E-state index < -0.39 is 0 Å². The van der Waals surface area contributed by atoms with Crippen LogP contribution in [0, 0.1) is 13.8 Å². The van der Waals surface area contributed by atoms with Crippen molar-refractivity contribution < 1.29 is 0 Å². The maximum absolute atomic E-state index is 4.71. The molecule has 0 atom stereocenters. The van der Waals surface area contributed by atoms with E-state index in [1.807, 2.05) is 62.6 Å². The highest BCUT2D eigenvalue weighted by Crippen LogP contribution is 2.39. The van der Waals surface area contributed by atoms with Gasteiger partial charge in [-0.15, -0.1) is 0 Å². The number of pyridine rings is 4. The van der Waals surface area contributed by atoms with Gasteiger partial charge in [-0.2, -0.15) is 0 Å². The highest BCUT2D eigenvalue weighted by atomic mass is 15.0. The van der Waals surface area contributed by atoms with E-state index in [0.717, 1.165) is 67.6 Å². The average molecular weight is 630 g/mol. The molecular formula is C44H31N5. The summed E-state index contributed by atoms with van der Waals surface area (Å²) in [6.07, 6.45) is 3.75. The van der Waals surface area contributed by atoms with Crippen LogP contribution in [0.4, 0.5) is 0 Å². The molecule has 0 aliphatic carbocycles. The first-order valence-corrected chi connectivity index (χ1v) is 16.5. The molecule has 9 aromatic rings. The van der Waals surface area contributed by atoms with Crippen LogP contribution in [0.15, 0.2) is 152 Å². The van der Waals surface area contributed by atoms with Gasteiger partial charge in [-0.05, 0) is 114 Å². The van der Waals surface area contributed by atoms with E-state index in [1.165, 1.54) is 27.1 Å². The van der Waals surface area contributed by atoms with Gasteiger partial charge >= 0.3 is 0 Å². The molecule has 5 nitrogen and oxygen atoms in total. The molecule has 0 unspecified atom stereocenters. The molecule has 0 saturated carbocycles. The lowest BCUT2D eigenvalue weighted by molar-refractivity contribution is 1.18. The van der Waals surface area contributed by atoms with E-state index in [0.29, 0.717) is 0 Å². The van der Waals surface area contributed by atoms with Crippen molar-refractivity contribution in [2.24, 2.45) is 0 Å². The Morgan fingerprint density at radius 1 is 0.429 bits per heavy atom. The van der Waals surface area contributed by atoms with E-state index in [2.05, 4.69) is 118 Å². The zero-order valence-corrected chi connectivity index (χ0v) is 27.2. The molecule has 4 aromatic carbocycles. The quantitative estimate of drug-likeness (QED) is 0.190. The van der Waals surface area contributed by atoms with E-state index in [9.17, 15) is 0 Å². The van der Waals surface area contributed by atoms with Gasteiger partial charge in [-0.25, -0.2) is 0 Å². The molecule has 0 spiro atoms. The molecule has 0 amide bonds. The summed E-state index contributed by atoms with van der Waals surface area (Å²) in [5.74, 6) is 0. The van der Waals surface area contributed by atoms with Crippen LogP contribution in [0.5, 0.6) is 0 Å². The van der Waals surface area contributed by atoms with Crippen LogP contribution in [0.25, 0.3) is 83.3 Å². The third-order valence-corrected chi connectivity index (χ3v) is 9.25. The summed E-state index contributed by atoms with van der Waals surface area (Å²) in [5.41, 5.74) is 13.4. The van der Waals surface area contributed by atoms with Crippen LogP contribution in [-0.2, 0) is 0 Å². The van der Waals surface area contributed by atoms with Crippen molar-refractivity contribution in [1.82, 2.24) is 24.5 Å². The number of fused-ring (bicyclic) bond motifs is 5. The van der Waals surface area contributed by atoms with Gasteiger partial charge in [0.15, 0.2) is 0 Å². The van der Waals surface area contributed by atoms with Crippen molar-refractivity contribution in [1.29, 1.82) is 0 Å². The second-order valence-electron chi connectivity index (χ2n) is 12.5. The highest BCUT2D eigenvalue weighted by Gasteiger charge is 2.17. The number of hydrogen-bond acceptors (Lipinski definition) is 4. The lowest BCUT2D eigenvalue weighted by Crippen LogP contribution is -1.95. The summed E-state index contributed by atoms with van der Waals surface area (Å²) in [6.45, 7) is 4.01. The van der Waals surface area contributed by atoms with Gasteiger partial charge in [-0.3, -0.25) is 19.9 Å². The summed E-state index contributed by atoms with van der Waals surface area (Å²) in [5, 5.41) is 4.82. The molecule has 49 heavy (non-hydrogen) atoms. The smallest absolute Gasteiger partial charge is 0.0892 e. The van der Waals surface area contributed by atoms with Gasteiger partial charge in [0, 0.05) is 45.6 Å². The minimum absolute atomic E-state index is 0.864. The maximum atomic E-state index is 4.71. The molecule has 0 aliphatic heterocycles. The largest absolute Gasteiger partial charge is 0.309 e. The van der Waals surface area contributed by atoms with E-state index in [-0.39, 0.29) is 0 Å². The maximum Gasteiger partial charge on any atom is 0.0892 e. The lowest BCUT2D eigenvalue weighted by Gasteiger charge is -2.12. The molecule has 5 heteroatoms. The zero-order chi connectivity index (χ0) is 32.9. The van der Waals surface area contributed by atoms with Crippen molar-refractivity contribution in [3.8, 4) is 50.7 Å². The molecule has 0 aliphatic rings. The van der Waals surface area contributed by atoms with Crippen LogP contribution in [0.1, 0.15) is 11.4 Å². The normalized spacial score (nSPS) is 11.5. The Hall–Kier alpha value is -6.46. The fourth-order valence-corrected chi connectivity index (χ4v) is 6.91. The Balaban J connectivity index is 1.21. The fraction of sp³-hybridized carbons (Fsp3) is 0.0455. The fourth-order valence-electron chi connectivity index (χ4n) is 6.91. The van der Waals surface area contributed by atoms with Crippen molar-refractivity contribution in [3.05, 3.63) is 163 Å². The lowest BCUT2D eigenvalue weighted by atomic mass is 9.99. The first kappa shape index (κ1) is 28.7. The molecule has 0 N–H and O–H groups in total. The van der Waals surface area contributed by atoms with Crippen LogP contribution in [0.2, 0.25) is 0 Å². The predicted octanol–water partition coefficient (Wildman–Crippen LogP) is 10.8. The van der Waals surface area contributed by atoms with Crippen molar-refractivity contribution in [2.75, 3.05) is 0 Å². The number of benzene rings is 4. The summed E-state index contributed by atoms with van der Waals surface area (Å²) < 4.78 is 2.41. The monoisotopic (exact) mass is 629 g/mol. The number of rotatable bonds is 5. The number of hydrogen-bond donors (Lipinski definition) is 0. The van der Waals surface area contributed by atoms with Gasteiger partial charge in [0.1, 0.15) is 0 Å². The molecular weight excluding hydrogens is 599 g/mol. The summed E-state index contributed by atoms with van der Waals surface area (Å²) in [4.78, 5) is 18.7. The summed E-state index contributed by atoms with van der Waals surface area (Å²) in [7, 11) is 0. The molecule has 0 saturated heterocycles. The first-order chi connectivity index (χ1) is 24.1. The SMILES string of the molecule is Cc1cccc(-c2cc(-c3ccc4c(ccc5c6ccc(-c7ccnc(-c8cccc(C)n8)c7)cc6n(-c6ccccc6)c45)c3)ccn2)n1. The Labute approximate surface area is 284 Å². The molecule has 232 valence electrons. The summed E-state index contributed by atoms with van der Waals surface area (Å²) in [6, 6.07) is 49.2. The van der Waals surface area contributed by atoms with Gasteiger partial charge in [-0.1, -0.05) is 66.7 Å². The average Bonchev–Trinajstić information content (AvgIpc) is 3.49. The second-order valence-corrected chi connectivity index (χ2v) is 12.5. The van der Waals surface area contributed by atoms with Crippen molar-refractivity contribution >= 4 is 32.6 Å². The number of para-hydroxylation sites is 1. The molecule has 0 fully saturated rings. The molecule has 5 heterocycles. The minimum Gasteiger partial charge on any atom is -0.309 e. The van der Waals surface area contributed by atoms with Crippen molar-refractivity contribution in [3.63, 3.8) is 0 Å². The van der Waals surface area contributed by atoms with E-state index in [1.54, 1.807) is 0 Å². The first-order valence-electron chi connectivity index (χ1n) is 16.5. The van der Waals surface area contributed by atoms with E-state index >= 15 is 0 Å². The molecule has 0 radical (unpaired) electrons. The third-order valence-electron chi connectivity index (χ3n) is 9.25. The Morgan fingerprint density at radius 3 is 1.63 bits per heavy atom. The third kappa shape index (κ3) is 5.13. The van der Waals surface area contributed by atoms with Gasteiger partial charge < -0.3 is 4.57 Å². The minimum atomic E-state index is 0.864. The van der Waals surface area contributed by atoms with Gasteiger partial charge in [0.25, 0.3) is 0 Å². The van der Waals surface area contributed by atoms with Crippen LogP contribution < -0.4 is 0 Å². The zero-order valence-electron chi connectivity index (χ0n) is 27.2. The topological polar surface area (TPSA) is 56.5 Å². The molecule has 9 rings (SSSR count). The number of aromatic nitrogens is 5. The Bertz CT molecular complexity index is 2690. The Morgan fingerprint density at radius 2 is 1.00 bits per heavy atom. The molecule has 0 bridgehead atoms. The summed E-state index contributed by atoms with van der Waals surface area (Å²) >= 11 is 0. The number of aryl methyl sites for hydroxylation is 2. The van der Waals surface area contributed by atoms with Gasteiger partial charge in [0.05, 0.1) is 33.8 Å². The predicted molar refractivity (Wildman–Crippen MR) is 201 cm³/mol. The van der Waals surface area contributed by atoms with Crippen molar-refractivity contribution in [2.45, 2.75) is 13.8 Å². The van der Waals surface area contributed by atoms with E-state index in [4.69, 9.17) is 9.97 Å². The molecule has 5 aromatic heterocycles.